The largest absolute Gasteiger partial charge is 0.299 e. The summed E-state index contributed by atoms with van der Waals surface area (Å²) < 4.78 is 2.98. The lowest BCUT2D eigenvalue weighted by Gasteiger charge is -2.27. The summed E-state index contributed by atoms with van der Waals surface area (Å²) in [6, 6.07) is 0. The van der Waals surface area contributed by atoms with Crippen LogP contribution < -0.4 is 0 Å². The summed E-state index contributed by atoms with van der Waals surface area (Å²) in [5.74, 6) is 1.76. The van der Waals surface area contributed by atoms with Gasteiger partial charge in [-0.25, -0.2) is 0 Å². The van der Waals surface area contributed by atoms with Crippen molar-refractivity contribution in [3.8, 4) is 0 Å². The van der Waals surface area contributed by atoms with E-state index in [0.717, 1.165) is 4.77 Å². The molecule has 1 aromatic rings. The molecular weight excluding hydrogens is 242 g/mol. The van der Waals surface area contributed by atoms with E-state index in [1.54, 1.807) is 0 Å². The van der Waals surface area contributed by atoms with Gasteiger partial charge in [0.1, 0.15) is 5.82 Å². The second kappa shape index (κ2) is 5.55. The number of aromatic nitrogens is 3. The second-order valence-corrected chi connectivity index (χ2v) is 6.82. The minimum atomic E-state index is 0.0157. The van der Waals surface area contributed by atoms with Crippen LogP contribution in [0.4, 0.5) is 0 Å². The van der Waals surface area contributed by atoms with Crippen LogP contribution in [0.25, 0.3) is 0 Å². The molecule has 1 saturated carbocycles. The van der Waals surface area contributed by atoms with Gasteiger partial charge in [-0.3, -0.25) is 9.67 Å². The van der Waals surface area contributed by atoms with E-state index in [1.165, 1.54) is 50.8 Å². The Bertz CT molecular complexity index is 431. The molecule has 0 aromatic carbocycles. The molecule has 1 aromatic heterocycles. The Labute approximate surface area is 115 Å². The molecule has 3 nitrogen and oxygen atoms in total. The summed E-state index contributed by atoms with van der Waals surface area (Å²) in [4.78, 5) is 0. The second-order valence-electron chi connectivity index (χ2n) is 6.44. The van der Waals surface area contributed by atoms with Gasteiger partial charge in [-0.05, 0) is 45.8 Å². The summed E-state index contributed by atoms with van der Waals surface area (Å²) in [6.45, 7) is 6.60. The maximum atomic E-state index is 5.40. The minimum absolute atomic E-state index is 0.0157. The molecule has 1 aliphatic carbocycles. The zero-order valence-electron chi connectivity index (χ0n) is 11.8. The van der Waals surface area contributed by atoms with Gasteiger partial charge in [-0.2, -0.15) is 5.10 Å². The van der Waals surface area contributed by atoms with Crippen molar-refractivity contribution in [1.82, 2.24) is 14.8 Å². The highest BCUT2D eigenvalue weighted by Crippen LogP contribution is 2.32. The third-order valence-corrected chi connectivity index (χ3v) is 4.11. The number of nitrogens with one attached hydrogen (secondary N) is 1. The predicted octanol–water partition coefficient (Wildman–Crippen LogP) is 4.52. The maximum Gasteiger partial charge on any atom is 0.195 e. The molecular formula is C14H25N3S. The van der Waals surface area contributed by atoms with Crippen LogP contribution in [0.3, 0.4) is 0 Å². The van der Waals surface area contributed by atoms with Gasteiger partial charge in [0.15, 0.2) is 4.77 Å². The van der Waals surface area contributed by atoms with Gasteiger partial charge >= 0.3 is 0 Å². The van der Waals surface area contributed by atoms with Gasteiger partial charge in [0.05, 0.1) is 0 Å². The Kier molecular flexibility index (Phi) is 4.25. The van der Waals surface area contributed by atoms with Crippen LogP contribution in [0.15, 0.2) is 0 Å². The molecule has 0 atom stereocenters. The van der Waals surface area contributed by atoms with Crippen LogP contribution >= 0.6 is 12.2 Å². The van der Waals surface area contributed by atoms with E-state index in [1.807, 2.05) is 0 Å². The van der Waals surface area contributed by atoms with Crippen LogP contribution in [-0.4, -0.2) is 14.8 Å². The van der Waals surface area contributed by atoms with Crippen LogP contribution in [0.5, 0.6) is 0 Å². The van der Waals surface area contributed by atoms with Crippen molar-refractivity contribution >= 4 is 12.2 Å². The fourth-order valence-electron chi connectivity index (χ4n) is 2.95. The normalized spacial score (nSPS) is 19.5. The number of rotatable bonds is 1. The van der Waals surface area contributed by atoms with Crippen LogP contribution in [-0.2, 0) is 5.54 Å². The molecule has 102 valence electrons. The van der Waals surface area contributed by atoms with Crippen molar-refractivity contribution < 1.29 is 0 Å². The predicted molar refractivity (Wildman–Crippen MR) is 77.5 cm³/mol. The molecule has 2 rings (SSSR count). The Morgan fingerprint density at radius 3 is 2.22 bits per heavy atom. The first kappa shape index (κ1) is 13.8. The summed E-state index contributed by atoms with van der Waals surface area (Å²) in [5, 5.41) is 7.52. The minimum Gasteiger partial charge on any atom is -0.299 e. The lowest BCUT2D eigenvalue weighted by Crippen LogP contribution is -2.26. The van der Waals surface area contributed by atoms with E-state index in [4.69, 9.17) is 12.2 Å². The van der Waals surface area contributed by atoms with E-state index >= 15 is 0 Å². The highest BCUT2D eigenvalue weighted by molar-refractivity contribution is 7.71. The van der Waals surface area contributed by atoms with Crippen molar-refractivity contribution in [3.63, 3.8) is 0 Å². The molecule has 1 fully saturated rings. The third kappa shape index (κ3) is 3.02. The molecule has 1 N–H and O–H groups in total. The van der Waals surface area contributed by atoms with E-state index in [2.05, 4.69) is 35.5 Å². The SMILES string of the molecule is CC(C)(C)n1c(C2CCCCCCC2)n[nH]c1=S. The first-order chi connectivity index (χ1) is 8.50. The number of aromatic amines is 1. The Morgan fingerprint density at radius 2 is 1.67 bits per heavy atom. The Morgan fingerprint density at radius 1 is 1.11 bits per heavy atom. The molecule has 4 heteroatoms. The monoisotopic (exact) mass is 267 g/mol. The zero-order valence-corrected chi connectivity index (χ0v) is 12.6. The summed E-state index contributed by atoms with van der Waals surface area (Å²) in [6.07, 6.45) is 9.32. The number of hydrogen-bond acceptors (Lipinski definition) is 2. The Hall–Kier alpha value is -0.640. The van der Waals surface area contributed by atoms with E-state index in [-0.39, 0.29) is 5.54 Å². The van der Waals surface area contributed by atoms with Gasteiger partial charge in [0.2, 0.25) is 0 Å². The lowest BCUT2D eigenvalue weighted by molar-refractivity contribution is 0.349. The average molecular weight is 267 g/mol. The Balaban J connectivity index is 2.29. The van der Waals surface area contributed by atoms with Crippen molar-refractivity contribution in [2.24, 2.45) is 0 Å². The van der Waals surface area contributed by atoms with Crippen LogP contribution in [0.1, 0.15) is 77.5 Å². The molecule has 0 bridgehead atoms. The fraction of sp³-hybridized carbons (Fsp3) is 0.857. The summed E-state index contributed by atoms with van der Waals surface area (Å²) in [5.41, 5.74) is 0.0157. The van der Waals surface area contributed by atoms with Crippen LogP contribution in [0.2, 0.25) is 0 Å². The van der Waals surface area contributed by atoms with Crippen molar-refractivity contribution in [2.75, 3.05) is 0 Å². The molecule has 0 amide bonds. The van der Waals surface area contributed by atoms with E-state index < -0.39 is 0 Å². The number of hydrogen-bond donors (Lipinski definition) is 1. The van der Waals surface area contributed by atoms with Crippen LogP contribution in [0, 0.1) is 4.77 Å². The molecule has 18 heavy (non-hydrogen) atoms. The topological polar surface area (TPSA) is 33.6 Å². The van der Waals surface area contributed by atoms with Crippen molar-refractivity contribution in [3.05, 3.63) is 10.6 Å². The van der Waals surface area contributed by atoms with Gasteiger partial charge < -0.3 is 0 Å². The lowest BCUT2D eigenvalue weighted by atomic mass is 9.90. The smallest absolute Gasteiger partial charge is 0.195 e. The average Bonchev–Trinajstić information content (AvgIpc) is 2.59. The standard InChI is InChI=1S/C14H25N3S/c1-14(2,3)17-12(15-16-13(17)18)11-9-7-5-4-6-8-10-11/h11H,4-10H2,1-3H3,(H,16,18). The van der Waals surface area contributed by atoms with E-state index in [9.17, 15) is 0 Å². The molecule has 0 aliphatic heterocycles. The van der Waals surface area contributed by atoms with Crippen molar-refractivity contribution in [2.45, 2.75) is 77.2 Å². The number of H-pyrrole nitrogens is 1. The highest BCUT2D eigenvalue weighted by atomic mass is 32.1. The van der Waals surface area contributed by atoms with Gasteiger partial charge in [0.25, 0.3) is 0 Å². The molecule has 0 unspecified atom stereocenters. The molecule has 1 aliphatic rings. The summed E-state index contributed by atoms with van der Waals surface area (Å²) >= 11 is 5.40. The zero-order chi connectivity index (χ0) is 13.2. The highest BCUT2D eigenvalue weighted by Gasteiger charge is 2.25. The van der Waals surface area contributed by atoms with Gasteiger partial charge in [0, 0.05) is 11.5 Å². The molecule has 0 radical (unpaired) electrons. The van der Waals surface area contributed by atoms with Gasteiger partial charge in [-0.1, -0.05) is 32.1 Å². The third-order valence-electron chi connectivity index (χ3n) is 3.84. The molecule has 0 spiro atoms. The fourth-order valence-corrected chi connectivity index (χ4v) is 3.36. The van der Waals surface area contributed by atoms with E-state index in [0.29, 0.717) is 5.92 Å². The number of nitrogens with zero attached hydrogens (tertiary/aromatic N) is 2. The molecule has 0 saturated heterocycles. The quantitative estimate of drug-likeness (QED) is 0.759. The van der Waals surface area contributed by atoms with Crippen molar-refractivity contribution in [1.29, 1.82) is 0 Å². The first-order valence-electron chi connectivity index (χ1n) is 7.18. The first-order valence-corrected chi connectivity index (χ1v) is 7.59. The maximum absolute atomic E-state index is 5.40. The molecule has 1 heterocycles. The summed E-state index contributed by atoms with van der Waals surface area (Å²) in [7, 11) is 0. The van der Waals surface area contributed by atoms with Gasteiger partial charge in [-0.15, -0.1) is 0 Å².